The monoisotopic (exact) mass is 282 g/mol. The molecule has 0 N–H and O–H groups in total. The summed E-state index contributed by atoms with van der Waals surface area (Å²) in [5.41, 5.74) is -0.800. The third-order valence-corrected chi connectivity index (χ3v) is 5.17. The Bertz CT molecular complexity index is 605. The molecule has 2 heterocycles. The van der Waals surface area contributed by atoms with Gasteiger partial charge < -0.3 is 9.47 Å². The van der Waals surface area contributed by atoms with Crippen LogP contribution in [-0.2, 0) is 19.9 Å². The zero-order valence-electron chi connectivity index (χ0n) is 9.90. The molecule has 0 spiro atoms. The van der Waals surface area contributed by atoms with E-state index in [9.17, 15) is 4.79 Å². The molecule has 1 aliphatic heterocycles. The number of carbonyl (C=O) groups is 1. The van der Waals surface area contributed by atoms with Crippen molar-refractivity contribution in [3.8, 4) is 0 Å². The second-order valence-electron chi connectivity index (χ2n) is 4.37. The molecule has 2 aromatic rings. The first kappa shape index (κ1) is 12.0. The van der Waals surface area contributed by atoms with E-state index in [0.717, 1.165) is 15.0 Å². The minimum atomic E-state index is -1.39. The predicted molar refractivity (Wildman–Crippen MR) is 70.9 cm³/mol. The van der Waals surface area contributed by atoms with Crippen molar-refractivity contribution in [3.05, 3.63) is 35.2 Å². The molecular formula is C13H11ClO3S. The highest BCUT2D eigenvalue weighted by Crippen LogP contribution is 2.60. The van der Waals surface area contributed by atoms with Gasteiger partial charge in [0, 0.05) is 9.58 Å². The molecule has 0 aliphatic carbocycles. The van der Waals surface area contributed by atoms with Crippen LogP contribution in [0.1, 0.15) is 11.8 Å². The van der Waals surface area contributed by atoms with Crippen LogP contribution < -0.4 is 0 Å². The summed E-state index contributed by atoms with van der Waals surface area (Å²) in [6.07, 6.45) is 0. The predicted octanol–water partition coefficient (Wildman–Crippen LogP) is 3.25. The quantitative estimate of drug-likeness (QED) is 0.482. The first-order valence-corrected chi connectivity index (χ1v) is 6.67. The fourth-order valence-corrected chi connectivity index (χ4v) is 3.63. The van der Waals surface area contributed by atoms with Gasteiger partial charge >= 0.3 is 5.97 Å². The number of methoxy groups -OCH3 is 1. The summed E-state index contributed by atoms with van der Waals surface area (Å²) < 4.78 is 11.3. The van der Waals surface area contributed by atoms with Gasteiger partial charge in [-0.1, -0.05) is 29.8 Å². The van der Waals surface area contributed by atoms with E-state index in [2.05, 4.69) is 4.74 Å². The van der Waals surface area contributed by atoms with Crippen molar-refractivity contribution in [2.75, 3.05) is 7.11 Å². The van der Waals surface area contributed by atoms with Crippen molar-refractivity contribution in [1.29, 1.82) is 0 Å². The zero-order valence-corrected chi connectivity index (χ0v) is 11.5. The minimum Gasteiger partial charge on any atom is -0.466 e. The average Bonchev–Trinajstić information content (AvgIpc) is 2.78. The summed E-state index contributed by atoms with van der Waals surface area (Å²) in [6.45, 7) is 1.81. The first-order chi connectivity index (χ1) is 8.51. The lowest BCUT2D eigenvalue weighted by molar-refractivity contribution is -0.143. The van der Waals surface area contributed by atoms with Crippen LogP contribution in [0.3, 0.4) is 0 Å². The topological polar surface area (TPSA) is 38.8 Å². The highest BCUT2D eigenvalue weighted by molar-refractivity contribution is 7.19. The van der Waals surface area contributed by atoms with Gasteiger partial charge in [-0.25, -0.2) is 4.79 Å². The molecule has 3 nitrogen and oxygen atoms in total. The van der Waals surface area contributed by atoms with Crippen LogP contribution in [0.4, 0.5) is 0 Å². The van der Waals surface area contributed by atoms with Gasteiger partial charge in [0.1, 0.15) is 0 Å². The van der Waals surface area contributed by atoms with E-state index in [1.54, 1.807) is 11.3 Å². The van der Waals surface area contributed by atoms with Crippen LogP contribution in [0, 0.1) is 0 Å². The molecule has 0 saturated carbocycles. The SMILES string of the molecule is COC(=O)C1(Cl)OC1(C)c1cc2ccccc2s1. The number of rotatable bonds is 2. The Morgan fingerprint density at radius 1 is 1.44 bits per heavy atom. The molecule has 3 rings (SSSR count). The van der Waals surface area contributed by atoms with Gasteiger partial charge in [-0.15, -0.1) is 11.3 Å². The number of alkyl halides is 1. The average molecular weight is 283 g/mol. The third kappa shape index (κ3) is 1.43. The zero-order chi connectivity index (χ0) is 13.0. The molecule has 0 amide bonds. The van der Waals surface area contributed by atoms with E-state index in [1.807, 2.05) is 37.3 Å². The van der Waals surface area contributed by atoms with Gasteiger partial charge in [0.25, 0.3) is 5.06 Å². The molecular weight excluding hydrogens is 272 g/mol. The third-order valence-electron chi connectivity index (χ3n) is 3.26. The molecule has 1 fully saturated rings. The Balaban J connectivity index is 2.04. The molecule has 2 unspecified atom stereocenters. The van der Waals surface area contributed by atoms with Crippen molar-refractivity contribution >= 4 is 39.0 Å². The van der Waals surface area contributed by atoms with E-state index in [0.29, 0.717) is 0 Å². The van der Waals surface area contributed by atoms with E-state index in [4.69, 9.17) is 16.3 Å². The van der Waals surface area contributed by atoms with Gasteiger partial charge in [0.05, 0.1) is 7.11 Å². The lowest BCUT2D eigenvalue weighted by Gasteiger charge is -2.06. The number of esters is 1. The Kier molecular flexibility index (Phi) is 2.46. The van der Waals surface area contributed by atoms with Crippen LogP contribution in [-0.4, -0.2) is 18.1 Å². The van der Waals surface area contributed by atoms with Crippen LogP contribution in [0.25, 0.3) is 10.1 Å². The van der Waals surface area contributed by atoms with Crippen molar-refractivity contribution in [3.63, 3.8) is 0 Å². The Morgan fingerprint density at radius 3 is 2.83 bits per heavy atom. The molecule has 1 aromatic heterocycles. The molecule has 2 atom stereocenters. The van der Waals surface area contributed by atoms with Gasteiger partial charge in [-0.3, -0.25) is 0 Å². The number of fused-ring (bicyclic) bond motifs is 1. The number of halogens is 1. The van der Waals surface area contributed by atoms with Gasteiger partial charge in [-0.2, -0.15) is 0 Å². The Morgan fingerprint density at radius 2 is 2.17 bits per heavy atom. The van der Waals surface area contributed by atoms with Gasteiger partial charge in [0.2, 0.25) is 0 Å². The van der Waals surface area contributed by atoms with Crippen LogP contribution >= 0.6 is 22.9 Å². The normalized spacial score (nSPS) is 30.4. The second kappa shape index (κ2) is 3.70. The van der Waals surface area contributed by atoms with Gasteiger partial charge in [0.15, 0.2) is 5.60 Å². The summed E-state index contributed by atoms with van der Waals surface area (Å²) in [7, 11) is 1.31. The second-order valence-corrected chi connectivity index (χ2v) is 5.99. The van der Waals surface area contributed by atoms with Crippen molar-refractivity contribution in [2.45, 2.75) is 17.6 Å². The molecule has 1 aromatic carbocycles. The maximum atomic E-state index is 11.6. The number of carbonyl (C=O) groups excluding carboxylic acids is 1. The Hall–Kier alpha value is -1.10. The van der Waals surface area contributed by atoms with E-state index in [1.165, 1.54) is 7.11 Å². The summed E-state index contributed by atoms with van der Waals surface area (Å²) in [5.74, 6) is -0.552. The summed E-state index contributed by atoms with van der Waals surface area (Å²) >= 11 is 7.75. The number of thiophene rings is 1. The molecule has 18 heavy (non-hydrogen) atoms. The lowest BCUT2D eigenvalue weighted by Crippen LogP contribution is -2.26. The fourth-order valence-electron chi connectivity index (χ4n) is 2.05. The smallest absolute Gasteiger partial charge is 0.357 e. The molecule has 0 bridgehead atoms. The molecule has 94 valence electrons. The number of hydrogen-bond acceptors (Lipinski definition) is 4. The standard InChI is InChI=1S/C13H11ClO3S/c1-12(13(14,17-12)11(15)16-2)10-7-8-5-3-4-6-9(8)18-10/h3-7H,1-2H3. The fraction of sp³-hybridized carbons (Fsp3) is 0.308. The molecule has 5 heteroatoms. The van der Waals surface area contributed by atoms with E-state index in [-0.39, 0.29) is 0 Å². The number of ether oxygens (including phenoxy) is 2. The van der Waals surface area contributed by atoms with Crippen molar-refractivity contribution in [2.24, 2.45) is 0 Å². The van der Waals surface area contributed by atoms with Crippen molar-refractivity contribution in [1.82, 2.24) is 0 Å². The lowest BCUT2D eigenvalue weighted by atomic mass is 10.0. The van der Waals surface area contributed by atoms with E-state index < -0.39 is 16.6 Å². The highest BCUT2D eigenvalue weighted by atomic mass is 35.5. The number of epoxide rings is 1. The summed E-state index contributed by atoms with van der Waals surface area (Å²) in [6, 6.07) is 10.0. The molecule has 0 radical (unpaired) electrons. The van der Waals surface area contributed by atoms with Crippen LogP contribution in [0.5, 0.6) is 0 Å². The first-order valence-electron chi connectivity index (χ1n) is 5.48. The number of benzene rings is 1. The maximum absolute atomic E-state index is 11.6. The van der Waals surface area contributed by atoms with Gasteiger partial charge in [-0.05, 0) is 24.4 Å². The summed E-state index contributed by atoms with van der Waals surface area (Å²) in [5, 5.41) is -0.263. The Labute approximate surface area is 113 Å². The summed E-state index contributed by atoms with van der Waals surface area (Å²) in [4.78, 5) is 12.6. The van der Waals surface area contributed by atoms with E-state index >= 15 is 0 Å². The van der Waals surface area contributed by atoms with Crippen LogP contribution in [0.2, 0.25) is 0 Å². The number of hydrogen-bond donors (Lipinski definition) is 0. The highest BCUT2D eigenvalue weighted by Gasteiger charge is 2.74. The molecule has 1 saturated heterocycles. The largest absolute Gasteiger partial charge is 0.466 e. The molecule has 1 aliphatic rings. The van der Waals surface area contributed by atoms with Crippen LogP contribution in [0.15, 0.2) is 30.3 Å². The van der Waals surface area contributed by atoms with Crippen molar-refractivity contribution < 1.29 is 14.3 Å². The minimum absolute atomic E-state index is 0.552. The maximum Gasteiger partial charge on any atom is 0.357 e.